The van der Waals surface area contributed by atoms with Gasteiger partial charge in [-0.2, -0.15) is 0 Å². The molecule has 1 unspecified atom stereocenters. The molecule has 8 nitrogen and oxygen atoms in total. The largest absolute Gasteiger partial charge is 0.382 e. The standard InChI is InChI=1S/C13H19N3O5/c1-14-12-10(5-4-6-11(12)16(18)19)13(17)15-7-9(21-3)8-20-2/h4-6,9,14H,7-8H2,1-3H3,(H,15,17). The van der Waals surface area contributed by atoms with Crippen molar-refractivity contribution in [3.05, 3.63) is 33.9 Å². The molecule has 0 saturated carbocycles. The van der Waals surface area contributed by atoms with Crippen molar-refractivity contribution in [1.82, 2.24) is 5.32 Å². The van der Waals surface area contributed by atoms with Crippen molar-refractivity contribution in [3.8, 4) is 0 Å². The number of hydrogen-bond acceptors (Lipinski definition) is 6. The Morgan fingerprint density at radius 3 is 2.67 bits per heavy atom. The van der Waals surface area contributed by atoms with Crippen molar-refractivity contribution in [3.63, 3.8) is 0 Å². The second-order valence-corrected chi connectivity index (χ2v) is 4.23. The van der Waals surface area contributed by atoms with Crippen LogP contribution in [0.2, 0.25) is 0 Å². The SMILES string of the molecule is CNc1c(C(=O)NCC(COC)OC)cccc1[N+](=O)[O-]. The molecule has 2 N–H and O–H groups in total. The number of para-hydroxylation sites is 1. The number of carbonyl (C=O) groups excluding carboxylic acids is 1. The molecule has 0 saturated heterocycles. The highest BCUT2D eigenvalue weighted by Gasteiger charge is 2.21. The summed E-state index contributed by atoms with van der Waals surface area (Å²) >= 11 is 0. The van der Waals surface area contributed by atoms with E-state index >= 15 is 0 Å². The van der Waals surface area contributed by atoms with Crippen LogP contribution >= 0.6 is 0 Å². The van der Waals surface area contributed by atoms with Gasteiger partial charge < -0.3 is 20.1 Å². The van der Waals surface area contributed by atoms with Gasteiger partial charge in [-0.15, -0.1) is 0 Å². The molecule has 0 radical (unpaired) electrons. The molecule has 1 aromatic rings. The first-order valence-corrected chi connectivity index (χ1v) is 6.30. The normalized spacial score (nSPS) is 11.8. The van der Waals surface area contributed by atoms with E-state index in [-0.39, 0.29) is 29.6 Å². The van der Waals surface area contributed by atoms with Crippen molar-refractivity contribution < 1.29 is 19.2 Å². The van der Waals surface area contributed by atoms with Crippen LogP contribution in [0.3, 0.4) is 0 Å². The summed E-state index contributed by atoms with van der Waals surface area (Å²) in [4.78, 5) is 22.6. The average molecular weight is 297 g/mol. The first-order chi connectivity index (χ1) is 10.0. The molecule has 1 rings (SSSR count). The molecule has 21 heavy (non-hydrogen) atoms. The van der Waals surface area contributed by atoms with E-state index < -0.39 is 10.8 Å². The van der Waals surface area contributed by atoms with Crippen LogP contribution in [0, 0.1) is 10.1 Å². The van der Waals surface area contributed by atoms with Gasteiger partial charge in [0.25, 0.3) is 11.6 Å². The Labute approximate surface area is 122 Å². The van der Waals surface area contributed by atoms with Crippen molar-refractivity contribution in [2.75, 3.05) is 39.7 Å². The van der Waals surface area contributed by atoms with Crippen molar-refractivity contribution in [2.45, 2.75) is 6.10 Å². The van der Waals surface area contributed by atoms with Gasteiger partial charge in [0, 0.05) is 33.9 Å². The lowest BCUT2D eigenvalue weighted by Gasteiger charge is -2.16. The number of benzene rings is 1. The summed E-state index contributed by atoms with van der Waals surface area (Å²) in [6, 6.07) is 4.33. The van der Waals surface area contributed by atoms with Gasteiger partial charge in [-0.05, 0) is 6.07 Å². The van der Waals surface area contributed by atoms with Gasteiger partial charge in [0.05, 0.1) is 23.2 Å². The van der Waals surface area contributed by atoms with E-state index in [9.17, 15) is 14.9 Å². The Morgan fingerprint density at radius 1 is 1.43 bits per heavy atom. The number of nitro benzene ring substituents is 1. The molecule has 1 atom stereocenters. The van der Waals surface area contributed by atoms with E-state index in [4.69, 9.17) is 9.47 Å². The van der Waals surface area contributed by atoms with Crippen LogP contribution in [0.25, 0.3) is 0 Å². The molecule has 8 heteroatoms. The van der Waals surface area contributed by atoms with Crippen molar-refractivity contribution in [1.29, 1.82) is 0 Å². The van der Waals surface area contributed by atoms with Crippen LogP contribution in [-0.4, -0.2) is 51.4 Å². The molecule has 0 aliphatic rings. The van der Waals surface area contributed by atoms with Gasteiger partial charge >= 0.3 is 0 Å². The predicted molar refractivity (Wildman–Crippen MR) is 77.6 cm³/mol. The molecule has 1 aromatic carbocycles. The second kappa shape index (κ2) is 8.18. The van der Waals surface area contributed by atoms with E-state index in [1.165, 1.54) is 39.5 Å². The topological polar surface area (TPSA) is 103 Å². The fourth-order valence-electron chi connectivity index (χ4n) is 1.84. The number of carbonyl (C=O) groups is 1. The zero-order valence-electron chi connectivity index (χ0n) is 12.2. The molecular weight excluding hydrogens is 278 g/mol. The lowest BCUT2D eigenvalue weighted by Crippen LogP contribution is -2.35. The van der Waals surface area contributed by atoms with Crippen molar-refractivity contribution in [2.24, 2.45) is 0 Å². The maximum Gasteiger partial charge on any atom is 0.293 e. The van der Waals surface area contributed by atoms with Gasteiger partial charge in [-0.1, -0.05) is 6.07 Å². The Morgan fingerprint density at radius 2 is 2.14 bits per heavy atom. The fraction of sp³-hybridized carbons (Fsp3) is 0.462. The Hall–Kier alpha value is -2.19. The number of amides is 1. The minimum absolute atomic E-state index is 0.148. The molecule has 1 amide bonds. The third-order valence-corrected chi connectivity index (χ3v) is 2.91. The van der Waals surface area contributed by atoms with Gasteiger partial charge in [0.2, 0.25) is 0 Å². The van der Waals surface area contributed by atoms with Crippen LogP contribution in [0.5, 0.6) is 0 Å². The summed E-state index contributed by atoms with van der Waals surface area (Å²) in [5.74, 6) is -0.416. The van der Waals surface area contributed by atoms with E-state index in [2.05, 4.69) is 10.6 Å². The summed E-state index contributed by atoms with van der Waals surface area (Å²) in [5, 5.41) is 16.3. The number of nitro groups is 1. The van der Waals surface area contributed by atoms with E-state index in [0.29, 0.717) is 6.61 Å². The number of nitrogens with one attached hydrogen (secondary N) is 2. The first-order valence-electron chi connectivity index (χ1n) is 6.30. The van der Waals surface area contributed by atoms with E-state index in [1.807, 2.05) is 0 Å². The monoisotopic (exact) mass is 297 g/mol. The third kappa shape index (κ3) is 4.40. The molecule has 0 aliphatic carbocycles. The number of anilines is 1. The minimum atomic E-state index is -0.536. The molecule has 0 aromatic heterocycles. The van der Waals surface area contributed by atoms with Crippen LogP contribution in [0.4, 0.5) is 11.4 Å². The van der Waals surface area contributed by atoms with Crippen LogP contribution in [0.1, 0.15) is 10.4 Å². The predicted octanol–water partition coefficient (Wildman–Crippen LogP) is 1.03. The zero-order valence-corrected chi connectivity index (χ0v) is 12.2. The Bertz CT molecular complexity index is 507. The maximum absolute atomic E-state index is 12.2. The smallest absolute Gasteiger partial charge is 0.293 e. The van der Waals surface area contributed by atoms with Crippen molar-refractivity contribution >= 4 is 17.3 Å². The first kappa shape index (κ1) is 16.9. The molecule has 116 valence electrons. The van der Waals surface area contributed by atoms with Crippen LogP contribution in [-0.2, 0) is 9.47 Å². The summed E-state index contributed by atoms with van der Waals surface area (Å²) in [5.41, 5.74) is 0.241. The number of ether oxygens (including phenoxy) is 2. The highest BCUT2D eigenvalue weighted by molar-refractivity contribution is 6.01. The average Bonchev–Trinajstić information content (AvgIpc) is 2.49. The number of hydrogen-bond donors (Lipinski definition) is 2. The highest BCUT2D eigenvalue weighted by Crippen LogP contribution is 2.27. The molecule has 0 heterocycles. The van der Waals surface area contributed by atoms with Gasteiger partial charge in [-0.25, -0.2) is 0 Å². The lowest BCUT2D eigenvalue weighted by molar-refractivity contribution is -0.384. The second-order valence-electron chi connectivity index (χ2n) is 4.23. The quantitative estimate of drug-likeness (QED) is 0.548. The lowest BCUT2D eigenvalue weighted by atomic mass is 10.1. The van der Waals surface area contributed by atoms with Crippen LogP contribution in [0.15, 0.2) is 18.2 Å². The number of rotatable bonds is 8. The molecular formula is C13H19N3O5. The van der Waals surface area contributed by atoms with Crippen LogP contribution < -0.4 is 10.6 Å². The van der Waals surface area contributed by atoms with Gasteiger partial charge in [-0.3, -0.25) is 14.9 Å². The summed E-state index contributed by atoms with van der Waals surface area (Å²) in [7, 11) is 4.58. The molecule has 0 aliphatic heterocycles. The molecule has 0 bridgehead atoms. The number of methoxy groups -OCH3 is 2. The zero-order chi connectivity index (χ0) is 15.8. The molecule has 0 fully saturated rings. The minimum Gasteiger partial charge on any atom is -0.382 e. The Balaban J connectivity index is 2.87. The third-order valence-electron chi connectivity index (χ3n) is 2.91. The summed E-state index contributed by atoms with van der Waals surface area (Å²) < 4.78 is 10.1. The Kier molecular flexibility index (Phi) is 6.57. The summed E-state index contributed by atoms with van der Waals surface area (Å²) in [6.45, 7) is 0.583. The number of nitrogens with zero attached hydrogens (tertiary/aromatic N) is 1. The maximum atomic E-state index is 12.2. The van der Waals surface area contributed by atoms with Gasteiger partial charge in [0.1, 0.15) is 5.69 Å². The fourth-order valence-corrected chi connectivity index (χ4v) is 1.84. The van der Waals surface area contributed by atoms with Gasteiger partial charge in [0.15, 0.2) is 0 Å². The highest BCUT2D eigenvalue weighted by atomic mass is 16.6. The van der Waals surface area contributed by atoms with E-state index in [1.54, 1.807) is 0 Å². The van der Waals surface area contributed by atoms with E-state index in [0.717, 1.165) is 0 Å². The molecule has 0 spiro atoms. The summed E-state index contributed by atoms with van der Waals surface area (Å²) in [6.07, 6.45) is -0.282.